The molecule has 0 saturated carbocycles. The van der Waals surface area contributed by atoms with Crippen molar-refractivity contribution < 1.29 is 14.3 Å². The fourth-order valence-electron chi connectivity index (χ4n) is 3.77. The number of hydrogen-bond donors (Lipinski definition) is 0. The van der Waals surface area contributed by atoms with Crippen LogP contribution >= 0.6 is 11.8 Å². The highest BCUT2D eigenvalue weighted by molar-refractivity contribution is 7.99. The molecule has 0 bridgehead atoms. The lowest BCUT2D eigenvalue weighted by Gasteiger charge is -2.37. The number of hydrogen-bond acceptors (Lipinski definition) is 7. The van der Waals surface area contributed by atoms with Gasteiger partial charge in [-0.15, -0.1) is 5.10 Å². The maximum atomic E-state index is 13.5. The smallest absolute Gasteiger partial charge is 0.238 e. The highest BCUT2D eigenvalue weighted by Gasteiger charge is 2.33. The highest BCUT2D eigenvalue weighted by Crippen LogP contribution is 2.39. The second kappa shape index (κ2) is 9.33. The third-order valence-electron chi connectivity index (χ3n) is 5.37. The zero-order chi connectivity index (χ0) is 22.6. The molecular weight excluding hydrogens is 438 g/mol. The molecule has 1 unspecified atom stereocenters. The van der Waals surface area contributed by atoms with Crippen LogP contribution in [0.15, 0.2) is 84.0 Å². The highest BCUT2D eigenvalue weighted by atomic mass is 32.2. The lowest BCUT2D eigenvalue weighted by molar-refractivity contribution is -0.117. The van der Waals surface area contributed by atoms with Crippen LogP contribution in [0.25, 0.3) is 5.69 Å². The summed E-state index contributed by atoms with van der Waals surface area (Å²) in [4.78, 5) is 15.3. The quantitative estimate of drug-likeness (QED) is 0.404. The molecule has 0 aliphatic carbocycles. The van der Waals surface area contributed by atoms with Crippen molar-refractivity contribution in [3.8, 4) is 17.2 Å². The Morgan fingerprint density at radius 2 is 1.82 bits per heavy atom. The number of carbonyl (C=O) groups excluding carboxylic acids is 1. The van der Waals surface area contributed by atoms with Crippen LogP contribution in [0.2, 0.25) is 0 Å². The average Bonchev–Trinajstić information content (AvgIpc) is 3.36. The van der Waals surface area contributed by atoms with Crippen molar-refractivity contribution in [3.05, 3.63) is 84.4 Å². The Bertz CT molecular complexity index is 1250. The van der Waals surface area contributed by atoms with E-state index in [1.807, 2.05) is 83.8 Å². The zero-order valence-electron chi connectivity index (χ0n) is 17.9. The molecule has 5 rings (SSSR count). The molecule has 3 aromatic carbocycles. The number of ether oxygens (including phenoxy) is 2. The van der Waals surface area contributed by atoms with Gasteiger partial charge in [0, 0.05) is 0 Å². The number of methoxy groups -OCH3 is 1. The fraction of sp³-hybridized carbons (Fsp3) is 0.167. The van der Waals surface area contributed by atoms with Crippen LogP contribution in [-0.4, -0.2) is 45.6 Å². The third kappa shape index (κ3) is 4.27. The molecule has 8 nitrogen and oxygen atoms in total. The fourth-order valence-corrected chi connectivity index (χ4v) is 4.52. The first-order chi connectivity index (χ1) is 16.2. The molecule has 0 spiro atoms. The maximum absolute atomic E-state index is 13.5. The van der Waals surface area contributed by atoms with Gasteiger partial charge in [0.1, 0.15) is 18.1 Å². The van der Waals surface area contributed by atoms with Crippen LogP contribution < -0.4 is 14.4 Å². The minimum Gasteiger partial charge on any atom is -0.497 e. The molecule has 166 valence electrons. The number of thioether (sulfide) groups is 1. The van der Waals surface area contributed by atoms with Gasteiger partial charge in [0.25, 0.3) is 0 Å². The van der Waals surface area contributed by atoms with E-state index in [4.69, 9.17) is 9.47 Å². The average molecular weight is 460 g/mol. The van der Waals surface area contributed by atoms with Gasteiger partial charge < -0.3 is 9.47 Å². The molecule has 1 aliphatic rings. The number of aromatic nitrogens is 4. The van der Waals surface area contributed by atoms with Crippen LogP contribution in [0, 0.1) is 0 Å². The molecule has 0 radical (unpaired) electrons. The van der Waals surface area contributed by atoms with Gasteiger partial charge >= 0.3 is 0 Å². The summed E-state index contributed by atoms with van der Waals surface area (Å²) < 4.78 is 12.8. The predicted octanol–water partition coefficient (Wildman–Crippen LogP) is 3.93. The molecule has 33 heavy (non-hydrogen) atoms. The Balaban J connectivity index is 1.39. The lowest BCUT2D eigenvalue weighted by Crippen LogP contribution is -2.42. The van der Waals surface area contributed by atoms with Crippen LogP contribution in [-0.2, 0) is 4.79 Å². The number of rotatable bonds is 6. The van der Waals surface area contributed by atoms with Gasteiger partial charge in [0.2, 0.25) is 11.1 Å². The van der Waals surface area contributed by atoms with E-state index >= 15 is 0 Å². The minimum atomic E-state index is -0.216. The first-order valence-corrected chi connectivity index (χ1v) is 11.4. The molecular formula is C24H21N5O3S. The predicted molar refractivity (Wildman–Crippen MR) is 125 cm³/mol. The van der Waals surface area contributed by atoms with Crippen LogP contribution in [0.3, 0.4) is 0 Å². The van der Waals surface area contributed by atoms with E-state index in [-0.39, 0.29) is 17.7 Å². The Morgan fingerprint density at radius 3 is 2.61 bits per heavy atom. The van der Waals surface area contributed by atoms with Crippen molar-refractivity contribution in [2.75, 3.05) is 24.4 Å². The van der Waals surface area contributed by atoms with Gasteiger partial charge in [0.15, 0.2) is 0 Å². The summed E-state index contributed by atoms with van der Waals surface area (Å²) in [6, 6.07) is 24.7. The number of tetrazole rings is 1. The molecule has 0 N–H and O–H groups in total. The summed E-state index contributed by atoms with van der Waals surface area (Å²) >= 11 is 1.30. The Hall–Kier alpha value is -3.85. The third-order valence-corrected chi connectivity index (χ3v) is 6.27. The van der Waals surface area contributed by atoms with Gasteiger partial charge in [-0.2, -0.15) is 4.68 Å². The number of nitrogens with zero attached hydrogens (tertiary/aromatic N) is 5. The molecule has 2 heterocycles. The molecule has 4 aromatic rings. The van der Waals surface area contributed by atoms with Crippen LogP contribution in [0.5, 0.6) is 11.5 Å². The molecule has 0 saturated heterocycles. The summed E-state index contributed by atoms with van der Waals surface area (Å²) in [6.45, 7) is 0.390. The number of anilines is 1. The largest absolute Gasteiger partial charge is 0.497 e. The van der Waals surface area contributed by atoms with E-state index in [1.165, 1.54) is 11.8 Å². The van der Waals surface area contributed by atoms with Crippen molar-refractivity contribution in [3.63, 3.8) is 0 Å². The van der Waals surface area contributed by atoms with Gasteiger partial charge in [-0.25, -0.2) is 0 Å². The topological polar surface area (TPSA) is 82.4 Å². The van der Waals surface area contributed by atoms with Gasteiger partial charge in [-0.1, -0.05) is 54.2 Å². The van der Waals surface area contributed by atoms with Gasteiger partial charge in [-0.3, -0.25) is 9.69 Å². The number of para-hydroxylation sites is 2. The van der Waals surface area contributed by atoms with E-state index in [9.17, 15) is 4.79 Å². The molecule has 0 fully saturated rings. The first-order valence-electron chi connectivity index (χ1n) is 10.4. The molecule has 1 aliphatic heterocycles. The lowest BCUT2D eigenvalue weighted by atomic mass is 10.0. The summed E-state index contributed by atoms with van der Waals surface area (Å²) in [6.07, 6.45) is 0. The van der Waals surface area contributed by atoms with E-state index < -0.39 is 0 Å². The molecule has 9 heteroatoms. The van der Waals surface area contributed by atoms with E-state index in [0.29, 0.717) is 17.5 Å². The summed E-state index contributed by atoms with van der Waals surface area (Å²) in [5, 5.41) is 12.5. The van der Waals surface area contributed by atoms with Crippen LogP contribution in [0.4, 0.5) is 5.69 Å². The maximum Gasteiger partial charge on any atom is 0.238 e. The van der Waals surface area contributed by atoms with Crippen molar-refractivity contribution in [2.24, 2.45) is 0 Å². The van der Waals surface area contributed by atoms with Crippen molar-refractivity contribution >= 4 is 23.4 Å². The van der Waals surface area contributed by atoms with Crippen molar-refractivity contribution in [1.29, 1.82) is 0 Å². The number of fused-ring (bicyclic) bond motifs is 1. The Morgan fingerprint density at radius 1 is 1.06 bits per heavy atom. The Labute approximate surface area is 195 Å². The summed E-state index contributed by atoms with van der Waals surface area (Å²) in [5.41, 5.74) is 2.57. The van der Waals surface area contributed by atoms with Crippen molar-refractivity contribution in [2.45, 2.75) is 11.2 Å². The van der Waals surface area contributed by atoms with Gasteiger partial charge in [0.05, 0.1) is 30.3 Å². The molecule has 1 amide bonds. The second-order valence-corrected chi connectivity index (χ2v) is 8.27. The number of amides is 1. The minimum absolute atomic E-state index is 0.0473. The number of carbonyl (C=O) groups is 1. The normalized spacial score (nSPS) is 14.9. The van der Waals surface area contributed by atoms with E-state index in [1.54, 1.807) is 11.8 Å². The van der Waals surface area contributed by atoms with E-state index in [2.05, 4.69) is 15.5 Å². The van der Waals surface area contributed by atoms with E-state index in [0.717, 1.165) is 22.7 Å². The first kappa shape index (κ1) is 21.0. The second-order valence-electron chi connectivity index (χ2n) is 7.33. The van der Waals surface area contributed by atoms with Crippen LogP contribution in [0.1, 0.15) is 11.6 Å². The summed E-state index contributed by atoms with van der Waals surface area (Å²) in [5.74, 6) is 1.57. The molecule has 1 aromatic heterocycles. The molecule has 1 atom stereocenters. The van der Waals surface area contributed by atoms with Gasteiger partial charge in [-0.05, 0) is 52.4 Å². The SMILES string of the molecule is COc1ccc(-n2nnnc2SCC(=O)N2c3ccccc3OCC2c2ccccc2)cc1. The monoisotopic (exact) mass is 459 g/mol. The zero-order valence-corrected chi connectivity index (χ0v) is 18.7. The standard InChI is InChI=1S/C24H21N5O3S/c1-31-19-13-11-18(12-14-19)29-24(25-26-27-29)33-16-23(30)28-20-9-5-6-10-22(20)32-15-21(28)17-7-3-2-4-8-17/h2-14,21H,15-16H2,1H3. The number of benzene rings is 3. The Kier molecular flexibility index (Phi) is 5.95. The summed E-state index contributed by atoms with van der Waals surface area (Å²) in [7, 11) is 1.62. The van der Waals surface area contributed by atoms with Crippen molar-refractivity contribution in [1.82, 2.24) is 20.2 Å².